The Morgan fingerprint density at radius 3 is 2.62 bits per heavy atom. The van der Waals surface area contributed by atoms with E-state index < -0.39 is 10.0 Å². The van der Waals surface area contributed by atoms with Gasteiger partial charge in [-0.2, -0.15) is 0 Å². The van der Waals surface area contributed by atoms with E-state index in [1.165, 1.54) is 41.1 Å². The van der Waals surface area contributed by atoms with E-state index in [2.05, 4.69) is 34.1 Å². The lowest BCUT2D eigenvalue weighted by molar-refractivity contribution is 0.188. The highest BCUT2D eigenvalue weighted by molar-refractivity contribution is 9.10. The molecular weight excluding hydrogens is 412 g/mol. The number of fused-ring (bicyclic) bond motifs is 1. The molecule has 2 atom stereocenters. The molecule has 0 amide bonds. The van der Waals surface area contributed by atoms with Crippen LogP contribution in [0, 0.1) is 17.8 Å². The molecular formula is C20H31BrN2O2S. The molecule has 1 saturated heterocycles. The quantitative estimate of drug-likeness (QED) is 0.731. The molecule has 0 aromatic heterocycles. The van der Waals surface area contributed by atoms with Gasteiger partial charge in [-0.15, -0.1) is 0 Å². The van der Waals surface area contributed by atoms with E-state index in [1.54, 1.807) is 4.31 Å². The molecule has 0 saturated carbocycles. The monoisotopic (exact) mass is 442 g/mol. The molecule has 2 unspecified atom stereocenters. The second-order valence-electron chi connectivity index (χ2n) is 8.09. The van der Waals surface area contributed by atoms with Crippen LogP contribution >= 0.6 is 15.9 Å². The molecule has 1 aliphatic heterocycles. The van der Waals surface area contributed by atoms with Crippen molar-refractivity contribution in [2.75, 3.05) is 25.9 Å². The number of hydrogen-bond donors (Lipinski definition) is 1. The summed E-state index contributed by atoms with van der Waals surface area (Å²) >= 11 is 3.61. The minimum atomic E-state index is -3.04. The summed E-state index contributed by atoms with van der Waals surface area (Å²) in [7, 11) is -3.04. The molecule has 3 rings (SSSR count). The van der Waals surface area contributed by atoms with Crippen LogP contribution in [-0.2, 0) is 22.9 Å². The number of sulfonamides is 1. The lowest BCUT2D eigenvalue weighted by Gasteiger charge is -2.36. The van der Waals surface area contributed by atoms with E-state index in [1.807, 2.05) is 0 Å². The number of nitrogens with zero attached hydrogens (tertiary/aromatic N) is 1. The zero-order valence-corrected chi connectivity index (χ0v) is 18.1. The third-order valence-corrected chi connectivity index (χ3v) is 8.11. The summed E-state index contributed by atoms with van der Waals surface area (Å²) in [6.07, 6.45) is 9.15. The highest BCUT2D eigenvalue weighted by Gasteiger charge is 2.31. The number of benzene rings is 1. The molecule has 1 fully saturated rings. The van der Waals surface area contributed by atoms with Crippen LogP contribution in [0.3, 0.4) is 0 Å². The first-order valence-corrected chi connectivity index (χ1v) is 12.4. The van der Waals surface area contributed by atoms with Gasteiger partial charge in [-0.25, -0.2) is 12.7 Å². The van der Waals surface area contributed by atoms with Gasteiger partial charge >= 0.3 is 0 Å². The van der Waals surface area contributed by atoms with Crippen molar-refractivity contribution in [1.29, 1.82) is 0 Å². The molecule has 1 aromatic rings. The predicted molar refractivity (Wildman–Crippen MR) is 111 cm³/mol. The van der Waals surface area contributed by atoms with Gasteiger partial charge in [-0.3, -0.25) is 0 Å². The van der Waals surface area contributed by atoms with E-state index in [-0.39, 0.29) is 0 Å². The van der Waals surface area contributed by atoms with Crippen molar-refractivity contribution < 1.29 is 8.42 Å². The third-order valence-electron chi connectivity index (χ3n) is 6.32. The Kier molecular flexibility index (Phi) is 6.81. The van der Waals surface area contributed by atoms with Crippen LogP contribution < -0.4 is 5.73 Å². The lowest BCUT2D eigenvalue weighted by Crippen LogP contribution is -2.38. The van der Waals surface area contributed by atoms with Crippen LogP contribution in [0.15, 0.2) is 22.7 Å². The molecule has 0 bridgehead atoms. The Labute approximate surface area is 166 Å². The smallest absolute Gasteiger partial charge is 0.211 e. The maximum Gasteiger partial charge on any atom is 0.211 e. The average Bonchev–Trinajstić information content (AvgIpc) is 2.60. The van der Waals surface area contributed by atoms with Crippen molar-refractivity contribution in [2.45, 2.75) is 44.9 Å². The van der Waals surface area contributed by atoms with Gasteiger partial charge in [0.1, 0.15) is 0 Å². The first-order valence-electron chi connectivity index (χ1n) is 9.79. The molecule has 1 aromatic carbocycles. The molecule has 2 N–H and O–H groups in total. The van der Waals surface area contributed by atoms with Gasteiger partial charge < -0.3 is 5.73 Å². The Hall–Kier alpha value is -0.430. The lowest BCUT2D eigenvalue weighted by atomic mass is 9.72. The Morgan fingerprint density at radius 2 is 1.96 bits per heavy atom. The Morgan fingerprint density at radius 1 is 1.23 bits per heavy atom. The van der Waals surface area contributed by atoms with Crippen LogP contribution in [0.2, 0.25) is 0 Å². The molecule has 1 heterocycles. The number of halogens is 1. The van der Waals surface area contributed by atoms with E-state index in [0.29, 0.717) is 30.8 Å². The van der Waals surface area contributed by atoms with Crippen LogP contribution in [0.4, 0.5) is 0 Å². The third kappa shape index (κ3) is 5.09. The number of piperidine rings is 1. The number of nitrogens with two attached hydrogens (primary N) is 1. The summed E-state index contributed by atoms with van der Waals surface area (Å²) in [5, 5.41) is 0. The first-order chi connectivity index (χ1) is 12.4. The van der Waals surface area contributed by atoms with E-state index >= 15 is 0 Å². The van der Waals surface area contributed by atoms with Crippen LogP contribution in [0.1, 0.15) is 43.2 Å². The van der Waals surface area contributed by atoms with Gasteiger partial charge in [0.05, 0.1) is 6.26 Å². The van der Waals surface area contributed by atoms with Crippen molar-refractivity contribution in [2.24, 2.45) is 23.5 Å². The van der Waals surface area contributed by atoms with E-state index in [9.17, 15) is 8.42 Å². The summed E-state index contributed by atoms with van der Waals surface area (Å²) in [5.41, 5.74) is 8.93. The van der Waals surface area contributed by atoms with Crippen molar-refractivity contribution in [1.82, 2.24) is 4.31 Å². The highest BCUT2D eigenvalue weighted by Crippen LogP contribution is 2.37. The standard InChI is InChI=1S/C20H31BrN2O2S/c1-26(24,25)23-10-7-15(8-11-23)12-18(6-9-22)17-3-2-16-4-5-20(21)14-19(16)13-17/h4-5,14-15,17-18H,2-3,6-13,22H2,1H3. The van der Waals surface area contributed by atoms with Gasteiger partial charge in [0, 0.05) is 17.6 Å². The van der Waals surface area contributed by atoms with Crippen LogP contribution in [-0.4, -0.2) is 38.6 Å². The van der Waals surface area contributed by atoms with Crippen molar-refractivity contribution in [3.8, 4) is 0 Å². The second-order valence-corrected chi connectivity index (χ2v) is 11.0. The van der Waals surface area contributed by atoms with Gasteiger partial charge in [0.15, 0.2) is 0 Å². The number of rotatable bonds is 6. The summed E-state index contributed by atoms with van der Waals surface area (Å²) < 4.78 is 26.2. The zero-order valence-electron chi connectivity index (χ0n) is 15.7. The fourth-order valence-corrected chi connectivity index (χ4v) is 6.10. The molecule has 146 valence electrons. The highest BCUT2D eigenvalue weighted by atomic mass is 79.9. The summed E-state index contributed by atoms with van der Waals surface area (Å²) in [4.78, 5) is 0. The van der Waals surface area contributed by atoms with Gasteiger partial charge in [0.25, 0.3) is 0 Å². The zero-order chi connectivity index (χ0) is 18.7. The minimum absolute atomic E-state index is 0.633. The van der Waals surface area contributed by atoms with Gasteiger partial charge in [-0.05, 0) is 92.5 Å². The normalized spacial score (nSPS) is 23.6. The molecule has 0 spiro atoms. The summed E-state index contributed by atoms with van der Waals surface area (Å²) in [6.45, 7) is 2.10. The van der Waals surface area contributed by atoms with E-state index in [4.69, 9.17) is 5.73 Å². The number of hydrogen-bond acceptors (Lipinski definition) is 3. The molecule has 2 aliphatic rings. The Balaban J connectivity index is 1.61. The molecule has 6 heteroatoms. The SMILES string of the molecule is CS(=O)(=O)N1CCC(CC(CCN)C2CCc3ccc(Br)cc3C2)CC1. The number of aryl methyl sites for hydroxylation is 1. The summed E-state index contributed by atoms with van der Waals surface area (Å²) in [6, 6.07) is 6.69. The van der Waals surface area contributed by atoms with Crippen molar-refractivity contribution in [3.63, 3.8) is 0 Å². The minimum Gasteiger partial charge on any atom is -0.330 e. The van der Waals surface area contributed by atoms with Crippen LogP contribution in [0.25, 0.3) is 0 Å². The molecule has 4 nitrogen and oxygen atoms in total. The largest absolute Gasteiger partial charge is 0.330 e. The average molecular weight is 443 g/mol. The van der Waals surface area contributed by atoms with E-state index in [0.717, 1.165) is 32.2 Å². The molecule has 0 radical (unpaired) electrons. The maximum absolute atomic E-state index is 11.7. The first kappa shape index (κ1) is 20.3. The summed E-state index contributed by atoms with van der Waals surface area (Å²) in [5.74, 6) is 1.99. The fourth-order valence-electron chi connectivity index (χ4n) is 4.82. The fraction of sp³-hybridized carbons (Fsp3) is 0.700. The van der Waals surface area contributed by atoms with Gasteiger partial charge in [-0.1, -0.05) is 22.0 Å². The molecule has 1 aliphatic carbocycles. The second kappa shape index (κ2) is 8.72. The predicted octanol–water partition coefficient (Wildman–Crippen LogP) is 3.58. The maximum atomic E-state index is 11.7. The van der Waals surface area contributed by atoms with Crippen molar-refractivity contribution >= 4 is 26.0 Å². The molecule has 26 heavy (non-hydrogen) atoms. The van der Waals surface area contributed by atoms with Crippen molar-refractivity contribution in [3.05, 3.63) is 33.8 Å². The Bertz CT molecular complexity index is 715. The topological polar surface area (TPSA) is 63.4 Å². The van der Waals surface area contributed by atoms with Gasteiger partial charge in [0.2, 0.25) is 10.0 Å². The van der Waals surface area contributed by atoms with Crippen LogP contribution in [0.5, 0.6) is 0 Å².